The van der Waals surface area contributed by atoms with Gasteiger partial charge in [0.2, 0.25) is 0 Å². The second-order valence-corrected chi connectivity index (χ2v) is 7.79. The van der Waals surface area contributed by atoms with Crippen molar-refractivity contribution in [2.75, 3.05) is 18.6 Å². The number of hydrogen-bond donors (Lipinski definition) is 2. The average Bonchev–Trinajstić information content (AvgIpc) is 2.46. The second kappa shape index (κ2) is 7.77. The highest BCUT2D eigenvalue weighted by Crippen LogP contribution is 2.32. The maximum Gasteiger partial charge on any atom is 0.315 e. The van der Waals surface area contributed by atoms with Crippen LogP contribution < -0.4 is 10.6 Å². The van der Waals surface area contributed by atoms with Gasteiger partial charge in [-0.15, -0.1) is 0 Å². The molecule has 0 saturated heterocycles. The molecule has 0 aromatic heterocycles. The molecule has 2 atom stereocenters. The highest BCUT2D eigenvalue weighted by atomic mass is 32.2. The minimum atomic E-state index is -0.876. The molecule has 1 aliphatic carbocycles. The van der Waals surface area contributed by atoms with Crippen LogP contribution in [0.15, 0.2) is 18.2 Å². The number of rotatable bonds is 5. The third kappa shape index (κ3) is 4.57. The third-order valence-corrected chi connectivity index (χ3v) is 4.91. The molecule has 1 aromatic rings. The summed E-state index contributed by atoms with van der Waals surface area (Å²) in [6.07, 6.45) is 4.80. The maximum atomic E-state index is 12.0. The Labute approximate surface area is 135 Å². The average molecular weight is 322 g/mol. The molecule has 0 saturated carbocycles. The Hall–Kier alpha value is -1.36. The Morgan fingerprint density at radius 2 is 2.18 bits per heavy atom. The first-order valence-corrected chi connectivity index (χ1v) is 9.67. The molecule has 1 aromatic carbocycles. The molecule has 0 fully saturated rings. The Morgan fingerprint density at radius 3 is 2.86 bits per heavy atom. The number of benzene rings is 1. The summed E-state index contributed by atoms with van der Waals surface area (Å²) in [5.41, 5.74) is 3.91. The van der Waals surface area contributed by atoms with E-state index in [9.17, 15) is 9.00 Å². The summed E-state index contributed by atoms with van der Waals surface area (Å²) in [6, 6.07) is 6.55. The molecule has 0 spiro atoms. The van der Waals surface area contributed by atoms with E-state index < -0.39 is 10.8 Å². The van der Waals surface area contributed by atoms with Gasteiger partial charge in [-0.1, -0.05) is 32.0 Å². The molecule has 0 aliphatic heterocycles. The summed E-state index contributed by atoms with van der Waals surface area (Å²) in [6.45, 7) is 4.82. The van der Waals surface area contributed by atoms with Gasteiger partial charge in [-0.05, 0) is 41.9 Å². The lowest BCUT2D eigenvalue weighted by molar-refractivity contribution is 0.236. The number of aryl methyl sites for hydroxylation is 1. The van der Waals surface area contributed by atoms with Gasteiger partial charge in [-0.25, -0.2) is 4.79 Å². The van der Waals surface area contributed by atoms with Crippen molar-refractivity contribution in [3.8, 4) is 0 Å². The zero-order chi connectivity index (χ0) is 16.1. The number of carbonyl (C=O) groups excluding carboxylic acids is 1. The molecule has 0 heterocycles. The van der Waals surface area contributed by atoms with Crippen molar-refractivity contribution in [1.82, 2.24) is 10.6 Å². The summed E-state index contributed by atoms with van der Waals surface area (Å²) in [5.74, 6) is 0.979. The van der Waals surface area contributed by atoms with Crippen LogP contribution in [0, 0.1) is 0 Å². The van der Waals surface area contributed by atoms with E-state index in [-0.39, 0.29) is 12.1 Å². The molecule has 0 radical (unpaired) electrons. The smallest absolute Gasteiger partial charge is 0.315 e. The van der Waals surface area contributed by atoms with Crippen molar-refractivity contribution in [2.45, 2.75) is 45.1 Å². The molecular formula is C17H26N2O2S. The van der Waals surface area contributed by atoms with Crippen LogP contribution in [0.5, 0.6) is 0 Å². The second-order valence-electron chi connectivity index (χ2n) is 6.24. The van der Waals surface area contributed by atoms with E-state index in [1.54, 1.807) is 6.26 Å². The van der Waals surface area contributed by atoms with Crippen molar-refractivity contribution in [2.24, 2.45) is 0 Å². The molecule has 1 aliphatic rings. The van der Waals surface area contributed by atoms with Crippen LogP contribution in [0.4, 0.5) is 4.79 Å². The van der Waals surface area contributed by atoms with E-state index in [1.807, 2.05) is 0 Å². The Bertz CT molecular complexity index is 558. The monoisotopic (exact) mass is 322 g/mol. The van der Waals surface area contributed by atoms with Gasteiger partial charge in [0.25, 0.3) is 0 Å². The van der Waals surface area contributed by atoms with Crippen LogP contribution in [0.1, 0.15) is 55.3 Å². The molecule has 1 unspecified atom stereocenters. The molecule has 2 amide bonds. The normalized spacial score (nSPS) is 18.6. The van der Waals surface area contributed by atoms with Crippen molar-refractivity contribution >= 4 is 16.8 Å². The number of hydrogen-bond acceptors (Lipinski definition) is 2. The van der Waals surface area contributed by atoms with Gasteiger partial charge in [0.1, 0.15) is 0 Å². The molecule has 5 heteroatoms. The van der Waals surface area contributed by atoms with E-state index in [2.05, 4.69) is 42.7 Å². The lowest BCUT2D eigenvalue weighted by atomic mass is 9.85. The summed E-state index contributed by atoms with van der Waals surface area (Å²) in [4.78, 5) is 12.0. The van der Waals surface area contributed by atoms with Crippen LogP contribution in [0.3, 0.4) is 0 Å². The molecule has 2 N–H and O–H groups in total. The first-order chi connectivity index (χ1) is 10.5. The SMILES string of the molecule is CC(C)c1ccc2c(c1)[C@H](NC(=O)NCCS(C)=O)CCC2. The standard InChI is InChI=1S/C17H26N2O2S/c1-12(2)14-8-7-13-5-4-6-16(15(13)11-14)19-17(20)18-9-10-22(3)21/h7-8,11-12,16H,4-6,9-10H2,1-3H3,(H2,18,19,20)/t16-,22?/m1/s1. The van der Waals surface area contributed by atoms with Gasteiger partial charge in [-0.3, -0.25) is 4.21 Å². The molecule has 2 rings (SSSR count). The van der Waals surface area contributed by atoms with Crippen molar-refractivity contribution in [3.05, 3.63) is 34.9 Å². The fourth-order valence-electron chi connectivity index (χ4n) is 2.84. The topological polar surface area (TPSA) is 58.2 Å². The van der Waals surface area contributed by atoms with Crippen LogP contribution in [-0.2, 0) is 17.2 Å². The third-order valence-electron chi connectivity index (χ3n) is 4.13. The van der Waals surface area contributed by atoms with Crippen LogP contribution >= 0.6 is 0 Å². The zero-order valence-electron chi connectivity index (χ0n) is 13.6. The van der Waals surface area contributed by atoms with Crippen LogP contribution in [-0.4, -0.2) is 28.8 Å². The quantitative estimate of drug-likeness (QED) is 0.876. The van der Waals surface area contributed by atoms with Crippen molar-refractivity contribution < 1.29 is 9.00 Å². The predicted octanol–water partition coefficient (Wildman–Crippen LogP) is 2.87. The molecule has 4 nitrogen and oxygen atoms in total. The summed E-state index contributed by atoms with van der Waals surface area (Å²) in [5, 5.41) is 5.85. The van der Waals surface area contributed by atoms with Crippen LogP contribution in [0.2, 0.25) is 0 Å². The van der Waals surface area contributed by atoms with Crippen LogP contribution in [0.25, 0.3) is 0 Å². The largest absolute Gasteiger partial charge is 0.337 e. The zero-order valence-corrected chi connectivity index (χ0v) is 14.5. The van der Waals surface area contributed by atoms with Gasteiger partial charge in [0, 0.05) is 29.4 Å². The lowest BCUT2D eigenvalue weighted by Crippen LogP contribution is -2.40. The van der Waals surface area contributed by atoms with Gasteiger partial charge < -0.3 is 10.6 Å². The number of carbonyl (C=O) groups is 1. The Balaban J connectivity index is 2.03. The first kappa shape index (κ1) is 17.0. The maximum absolute atomic E-state index is 12.0. The van der Waals surface area contributed by atoms with Crippen molar-refractivity contribution in [3.63, 3.8) is 0 Å². The van der Waals surface area contributed by atoms with Gasteiger partial charge >= 0.3 is 6.03 Å². The van der Waals surface area contributed by atoms with E-state index in [0.717, 1.165) is 19.3 Å². The Morgan fingerprint density at radius 1 is 1.41 bits per heavy atom. The van der Waals surface area contributed by atoms with E-state index >= 15 is 0 Å². The number of nitrogens with one attached hydrogen (secondary N) is 2. The van der Waals surface area contributed by atoms with Gasteiger partial charge in [0.05, 0.1) is 6.04 Å². The van der Waals surface area contributed by atoms with E-state index in [0.29, 0.717) is 18.2 Å². The predicted molar refractivity (Wildman–Crippen MR) is 91.7 cm³/mol. The first-order valence-electron chi connectivity index (χ1n) is 7.94. The molecular weight excluding hydrogens is 296 g/mol. The fourth-order valence-corrected chi connectivity index (χ4v) is 3.23. The van der Waals surface area contributed by atoms with E-state index in [1.165, 1.54) is 16.7 Å². The molecule has 22 heavy (non-hydrogen) atoms. The number of amides is 2. The van der Waals surface area contributed by atoms with Gasteiger partial charge in [0.15, 0.2) is 0 Å². The molecule has 122 valence electrons. The highest BCUT2D eigenvalue weighted by Gasteiger charge is 2.22. The summed E-state index contributed by atoms with van der Waals surface area (Å²) in [7, 11) is -0.876. The Kier molecular flexibility index (Phi) is 6.00. The van der Waals surface area contributed by atoms with E-state index in [4.69, 9.17) is 0 Å². The van der Waals surface area contributed by atoms with Gasteiger partial charge in [-0.2, -0.15) is 0 Å². The minimum absolute atomic E-state index is 0.0783. The number of urea groups is 1. The highest BCUT2D eigenvalue weighted by molar-refractivity contribution is 7.84. The summed E-state index contributed by atoms with van der Waals surface area (Å²) < 4.78 is 11.0. The number of fused-ring (bicyclic) bond motifs is 1. The van der Waals surface area contributed by atoms with Crippen molar-refractivity contribution in [1.29, 1.82) is 0 Å². The summed E-state index contributed by atoms with van der Waals surface area (Å²) >= 11 is 0. The molecule has 0 bridgehead atoms. The minimum Gasteiger partial charge on any atom is -0.337 e. The fraction of sp³-hybridized carbons (Fsp3) is 0.588. The lowest BCUT2D eigenvalue weighted by Gasteiger charge is -2.27.